The molecule has 0 radical (unpaired) electrons. The topological polar surface area (TPSA) is 18.5 Å². The number of alkyl halides is 3. The average Bonchev–Trinajstić information content (AvgIpc) is 2.68. The van der Waals surface area contributed by atoms with Crippen molar-refractivity contribution in [3.05, 3.63) is 34.3 Å². The van der Waals surface area contributed by atoms with Gasteiger partial charge in [0, 0.05) is 10.6 Å². The quantitative estimate of drug-likeness (QED) is 0.763. The number of benzene rings is 1. The SMILES string of the molecule is FC(F)(F)c1ccc(Cl)cc1C1OCCO1. The molecule has 6 heteroatoms. The smallest absolute Gasteiger partial charge is 0.346 e. The predicted octanol–water partition coefficient (Wildman–Crippen LogP) is 3.40. The normalized spacial score (nSPS) is 18.0. The molecule has 0 aromatic heterocycles. The summed E-state index contributed by atoms with van der Waals surface area (Å²) in [6, 6.07) is 3.35. The minimum atomic E-state index is -4.44. The van der Waals surface area contributed by atoms with E-state index in [1.54, 1.807) is 0 Å². The molecule has 1 aromatic rings. The minimum Gasteiger partial charge on any atom is -0.346 e. The van der Waals surface area contributed by atoms with Crippen molar-refractivity contribution in [2.24, 2.45) is 0 Å². The molecule has 1 aliphatic rings. The summed E-state index contributed by atoms with van der Waals surface area (Å²) in [5.74, 6) is 0. The summed E-state index contributed by atoms with van der Waals surface area (Å²) in [6.07, 6.45) is -5.41. The van der Waals surface area contributed by atoms with E-state index in [1.165, 1.54) is 12.1 Å². The van der Waals surface area contributed by atoms with E-state index in [9.17, 15) is 13.2 Å². The lowest BCUT2D eigenvalue weighted by Gasteiger charge is -2.16. The molecule has 2 nitrogen and oxygen atoms in total. The molecule has 88 valence electrons. The predicted molar refractivity (Wildman–Crippen MR) is 51.1 cm³/mol. The molecule has 0 aliphatic carbocycles. The highest BCUT2D eigenvalue weighted by molar-refractivity contribution is 6.30. The second-order valence-corrected chi connectivity index (χ2v) is 3.74. The van der Waals surface area contributed by atoms with E-state index in [1.807, 2.05) is 0 Å². The van der Waals surface area contributed by atoms with Crippen LogP contribution in [-0.2, 0) is 15.7 Å². The van der Waals surface area contributed by atoms with Crippen LogP contribution in [0.25, 0.3) is 0 Å². The molecular formula is C10H8ClF3O2. The van der Waals surface area contributed by atoms with E-state index >= 15 is 0 Å². The Hall–Kier alpha value is -0.780. The maximum atomic E-state index is 12.7. The molecule has 1 aromatic carbocycles. The fourth-order valence-corrected chi connectivity index (χ4v) is 1.71. The summed E-state index contributed by atoms with van der Waals surface area (Å²) in [5, 5.41) is 0.224. The number of ether oxygens (including phenoxy) is 2. The second kappa shape index (κ2) is 4.24. The van der Waals surface area contributed by atoms with Crippen molar-refractivity contribution >= 4 is 11.6 Å². The van der Waals surface area contributed by atoms with Crippen LogP contribution in [0.5, 0.6) is 0 Å². The Bertz CT molecular complexity index is 386. The van der Waals surface area contributed by atoms with E-state index in [-0.39, 0.29) is 23.8 Å². The lowest BCUT2D eigenvalue weighted by Crippen LogP contribution is -2.12. The van der Waals surface area contributed by atoms with Gasteiger partial charge in [-0.25, -0.2) is 0 Å². The first-order chi connectivity index (χ1) is 7.48. The number of hydrogen-bond donors (Lipinski definition) is 0. The van der Waals surface area contributed by atoms with Gasteiger partial charge in [0.1, 0.15) is 0 Å². The standard InChI is InChI=1S/C10H8ClF3O2/c11-6-1-2-8(10(12,13)14)7(5-6)9-15-3-4-16-9/h1-2,5,9H,3-4H2. The third-order valence-corrected chi connectivity index (χ3v) is 2.43. The second-order valence-electron chi connectivity index (χ2n) is 3.30. The molecule has 0 N–H and O–H groups in total. The molecule has 2 rings (SSSR count). The summed E-state index contributed by atoms with van der Waals surface area (Å²) in [5.41, 5.74) is -0.846. The summed E-state index contributed by atoms with van der Waals surface area (Å²) in [6.45, 7) is 0.572. The van der Waals surface area contributed by atoms with Crippen LogP contribution in [-0.4, -0.2) is 13.2 Å². The van der Waals surface area contributed by atoms with E-state index in [0.717, 1.165) is 6.07 Å². The van der Waals surface area contributed by atoms with Crippen molar-refractivity contribution in [1.82, 2.24) is 0 Å². The highest BCUT2D eigenvalue weighted by Crippen LogP contribution is 2.38. The van der Waals surface area contributed by atoms with Gasteiger partial charge in [0.15, 0.2) is 6.29 Å². The van der Waals surface area contributed by atoms with Crippen LogP contribution in [0.15, 0.2) is 18.2 Å². The van der Waals surface area contributed by atoms with E-state index in [2.05, 4.69) is 0 Å². The van der Waals surface area contributed by atoms with Crippen LogP contribution in [0.2, 0.25) is 5.02 Å². The van der Waals surface area contributed by atoms with Gasteiger partial charge in [0.05, 0.1) is 18.8 Å². The fraction of sp³-hybridized carbons (Fsp3) is 0.400. The first-order valence-corrected chi connectivity index (χ1v) is 4.96. The Kier molecular flexibility index (Phi) is 3.10. The van der Waals surface area contributed by atoms with Crippen LogP contribution >= 0.6 is 11.6 Å². The minimum absolute atomic E-state index is 0.0718. The number of hydrogen-bond acceptors (Lipinski definition) is 2. The largest absolute Gasteiger partial charge is 0.416 e. The van der Waals surface area contributed by atoms with Gasteiger partial charge >= 0.3 is 6.18 Å². The van der Waals surface area contributed by atoms with Crippen molar-refractivity contribution in [1.29, 1.82) is 0 Å². The van der Waals surface area contributed by atoms with Crippen molar-refractivity contribution < 1.29 is 22.6 Å². The monoisotopic (exact) mass is 252 g/mol. The van der Waals surface area contributed by atoms with E-state index < -0.39 is 18.0 Å². The van der Waals surface area contributed by atoms with Crippen molar-refractivity contribution in [2.75, 3.05) is 13.2 Å². The third-order valence-electron chi connectivity index (χ3n) is 2.19. The maximum Gasteiger partial charge on any atom is 0.416 e. The number of rotatable bonds is 1. The Morgan fingerprint density at radius 1 is 1.19 bits per heavy atom. The van der Waals surface area contributed by atoms with Crippen LogP contribution in [0.4, 0.5) is 13.2 Å². The average molecular weight is 253 g/mol. The van der Waals surface area contributed by atoms with Crippen LogP contribution < -0.4 is 0 Å². The molecule has 1 saturated heterocycles. The molecule has 0 atom stereocenters. The lowest BCUT2D eigenvalue weighted by molar-refractivity contribution is -0.142. The Morgan fingerprint density at radius 2 is 1.81 bits per heavy atom. The van der Waals surface area contributed by atoms with Gasteiger partial charge in [-0.2, -0.15) is 13.2 Å². The van der Waals surface area contributed by atoms with Crippen LogP contribution in [0.3, 0.4) is 0 Å². The molecule has 16 heavy (non-hydrogen) atoms. The summed E-state index contributed by atoms with van der Waals surface area (Å²) >= 11 is 5.67. The van der Waals surface area contributed by atoms with Gasteiger partial charge in [-0.1, -0.05) is 11.6 Å². The van der Waals surface area contributed by atoms with Gasteiger partial charge < -0.3 is 9.47 Å². The van der Waals surface area contributed by atoms with Gasteiger partial charge in [-0.15, -0.1) is 0 Å². The van der Waals surface area contributed by atoms with Crippen LogP contribution in [0, 0.1) is 0 Å². The molecule has 0 unspecified atom stereocenters. The first kappa shape index (κ1) is 11.7. The van der Waals surface area contributed by atoms with Crippen LogP contribution in [0.1, 0.15) is 17.4 Å². The fourth-order valence-electron chi connectivity index (χ4n) is 1.52. The molecule has 0 bridgehead atoms. The maximum absolute atomic E-state index is 12.7. The van der Waals surface area contributed by atoms with Gasteiger partial charge in [-0.05, 0) is 18.2 Å². The third kappa shape index (κ3) is 2.31. The Morgan fingerprint density at radius 3 is 2.38 bits per heavy atom. The zero-order valence-electron chi connectivity index (χ0n) is 8.05. The van der Waals surface area contributed by atoms with Gasteiger partial charge in [-0.3, -0.25) is 0 Å². The van der Waals surface area contributed by atoms with E-state index in [4.69, 9.17) is 21.1 Å². The van der Waals surface area contributed by atoms with Crippen molar-refractivity contribution in [3.8, 4) is 0 Å². The highest BCUT2D eigenvalue weighted by atomic mass is 35.5. The van der Waals surface area contributed by atoms with Gasteiger partial charge in [0.2, 0.25) is 0 Å². The number of halogens is 4. The molecule has 1 fully saturated rings. The highest BCUT2D eigenvalue weighted by Gasteiger charge is 2.36. The molecule has 0 amide bonds. The Labute approximate surface area is 94.9 Å². The lowest BCUT2D eigenvalue weighted by atomic mass is 10.1. The molecular weight excluding hydrogens is 245 g/mol. The van der Waals surface area contributed by atoms with Crippen molar-refractivity contribution in [2.45, 2.75) is 12.5 Å². The molecule has 1 aliphatic heterocycles. The zero-order valence-corrected chi connectivity index (χ0v) is 8.81. The zero-order chi connectivity index (χ0) is 11.8. The Balaban J connectivity index is 2.43. The van der Waals surface area contributed by atoms with Gasteiger partial charge in [0.25, 0.3) is 0 Å². The van der Waals surface area contributed by atoms with E-state index in [0.29, 0.717) is 0 Å². The van der Waals surface area contributed by atoms with Crippen molar-refractivity contribution in [3.63, 3.8) is 0 Å². The first-order valence-electron chi connectivity index (χ1n) is 4.58. The summed E-state index contributed by atoms with van der Waals surface area (Å²) < 4.78 is 48.1. The molecule has 0 saturated carbocycles. The molecule has 1 heterocycles. The summed E-state index contributed by atoms with van der Waals surface area (Å²) in [7, 11) is 0. The summed E-state index contributed by atoms with van der Waals surface area (Å²) in [4.78, 5) is 0. The molecule has 0 spiro atoms.